The largest absolute Gasteiger partial charge is 0.497 e. The number of hydrogen-bond acceptors (Lipinski definition) is 6. The third-order valence-corrected chi connectivity index (χ3v) is 7.29. The van der Waals surface area contributed by atoms with Crippen molar-refractivity contribution in [2.45, 2.75) is 43.5 Å². The summed E-state index contributed by atoms with van der Waals surface area (Å²) in [6.07, 6.45) is 1.16. The molecule has 1 unspecified atom stereocenters. The van der Waals surface area contributed by atoms with Crippen LogP contribution in [0, 0.1) is 5.41 Å². The number of nitrogens with one attached hydrogen (secondary N) is 2. The molecule has 6 nitrogen and oxygen atoms in total. The summed E-state index contributed by atoms with van der Waals surface area (Å²) in [6.45, 7) is 4.19. The molecule has 2 heterocycles. The molecule has 1 aliphatic heterocycles. The molecule has 34 heavy (non-hydrogen) atoms. The fourth-order valence-corrected chi connectivity index (χ4v) is 5.66. The van der Waals surface area contributed by atoms with Gasteiger partial charge in [0.15, 0.2) is 10.9 Å². The lowest BCUT2D eigenvalue weighted by molar-refractivity contribution is -0.118. The molecule has 1 aromatic heterocycles. The van der Waals surface area contributed by atoms with Crippen molar-refractivity contribution in [1.29, 1.82) is 0 Å². The zero-order chi connectivity index (χ0) is 23.9. The molecule has 0 saturated heterocycles. The number of anilines is 1. The van der Waals surface area contributed by atoms with Crippen molar-refractivity contribution in [1.82, 2.24) is 9.97 Å². The monoisotopic (exact) mass is 473 g/mol. The summed E-state index contributed by atoms with van der Waals surface area (Å²) in [5.41, 5.74) is 3.61. The number of ether oxygens (including phenoxy) is 1. The highest BCUT2D eigenvalue weighted by Crippen LogP contribution is 2.48. The molecule has 0 saturated carbocycles. The van der Waals surface area contributed by atoms with E-state index in [0.717, 1.165) is 23.2 Å². The Hall–Kier alpha value is -3.32. The number of ketones is 1. The summed E-state index contributed by atoms with van der Waals surface area (Å²) in [5.74, 6) is 1.48. The van der Waals surface area contributed by atoms with E-state index in [2.05, 4.69) is 24.1 Å². The van der Waals surface area contributed by atoms with Crippen molar-refractivity contribution in [2.24, 2.45) is 5.41 Å². The van der Waals surface area contributed by atoms with Crippen LogP contribution in [0.5, 0.6) is 5.75 Å². The second-order valence-electron chi connectivity index (χ2n) is 9.58. The first kappa shape index (κ1) is 22.5. The van der Waals surface area contributed by atoms with Gasteiger partial charge in [-0.3, -0.25) is 9.59 Å². The number of rotatable bonds is 5. The predicted molar refractivity (Wildman–Crippen MR) is 134 cm³/mol. The number of aromatic nitrogens is 2. The molecule has 174 valence electrons. The molecular formula is C27H27N3O3S. The summed E-state index contributed by atoms with van der Waals surface area (Å²) in [5, 5.41) is 3.93. The average Bonchev–Trinajstić information content (AvgIpc) is 2.81. The zero-order valence-electron chi connectivity index (χ0n) is 19.5. The lowest BCUT2D eigenvalue weighted by Gasteiger charge is -2.38. The lowest BCUT2D eigenvalue weighted by atomic mass is 9.69. The number of Topliss-reactive ketones (excluding diaryl/α,β-unsaturated/α-hetero) is 1. The van der Waals surface area contributed by atoms with Crippen LogP contribution in [0.25, 0.3) is 0 Å². The van der Waals surface area contributed by atoms with Crippen molar-refractivity contribution >= 4 is 23.4 Å². The van der Waals surface area contributed by atoms with E-state index >= 15 is 0 Å². The van der Waals surface area contributed by atoms with Gasteiger partial charge < -0.3 is 15.0 Å². The van der Waals surface area contributed by atoms with Crippen LogP contribution < -0.4 is 15.6 Å². The molecule has 7 heteroatoms. The predicted octanol–water partition coefficient (Wildman–Crippen LogP) is 5.27. The minimum atomic E-state index is -0.491. The van der Waals surface area contributed by atoms with Crippen molar-refractivity contribution < 1.29 is 9.53 Å². The van der Waals surface area contributed by atoms with Crippen LogP contribution in [-0.2, 0) is 10.5 Å². The summed E-state index contributed by atoms with van der Waals surface area (Å²) >= 11 is 1.48. The van der Waals surface area contributed by atoms with E-state index in [9.17, 15) is 9.59 Å². The number of hydrogen-bond donors (Lipinski definition) is 2. The molecule has 0 bridgehead atoms. The topological polar surface area (TPSA) is 84.1 Å². The molecule has 1 aliphatic carbocycles. The fraction of sp³-hybridized carbons (Fsp3) is 0.296. The second-order valence-corrected chi connectivity index (χ2v) is 10.5. The first-order valence-corrected chi connectivity index (χ1v) is 12.3. The number of allylic oxidation sites excluding steroid dienone is 2. The number of fused-ring (bicyclic) bond motifs is 1. The van der Waals surface area contributed by atoms with Gasteiger partial charge >= 0.3 is 0 Å². The van der Waals surface area contributed by atoms with Gasteiger partial charge in [0.05, 0.1) is 12.7 Å². The number of thioether (sulfide) groups is 1. The normalized spacial score (nSPS) is 18.7. The summed E-state index contributed by atoms with van der Waals surface area (Å²) in [7, 11) is 1.61. The van der Waals surface area contributed by atoms with Gasteiger partial charge in [0.1, 0.15) is 11.6 Å². The second kappa shape index (κ2) is 8.80. The van der Waals surface area contributed by atoms with Gasteiger partial charge in [0.25, 0.3) is 5.56 Å². The van der Waals surface area contributed by atoms with E-state index in [0.29, 0.717) is 40.0 Å². The molecule has 5 rings (SSSR count). The summed E-state index contributed by atoms with van der Waals surface area (Å²) in [4.78, 5) is 34.5. The molecule has 0 amide bonds. The Morgan fingerprint density at radius 3 is 2.65 bits per heavy atom. The molecule has 3 aromatic rings. The van der Waals surface area contributed by atoms with Crippen LogP contribution in [0.3, 0.4) is 0 Å². The summed E-state index contributed by atoms with van der Waals surface area (Å²) in [6, 6.07) is 17.7. The summed E-state index contributed by atoms with van der Waals surface area (Å²) < 4.78 is 5.43. The molecule has 0 radical (unpaired) electrons. The molecule has 2 N–H and O–H groups in total. The Kier molecular flexibility index (Phi) is 5.81. The fourth-order valence-electron chi connectivity index (χ4n) is 4.84. The van der Waals surface area contributed by atoms with Crippen LogP contribution in [0.15, 0.2) is 75.8 Å². The molecule has 0 fully saturated rings. The Morgan fingerprint density at radius 2 is 1.88 bits per heavy atom. The van der Waals surface area contributed by atoms with Crippen molar-refractivity contribution in [2.75, 3.05) is 12.4 Å². The SMILES string of the molecule is COc1cccc(C2C3=C(CC(C)(C)CC3=O)Nc3nc(SCc4ccccc4)[nH]c(=O)c32)c1. The molecule has 1 atom stereocenters. The number of carbonyl (C=O) groups is 1. The van der Waals surface area contributed by atoms with Crippen LogP contribution >= 0.6 is 11.8 Å². The molecule has 2 aromatic carbocycles. The van der Waals surface area contributed by atoms with Crippen LogP contribution in [-0.4, -0.2) is 22.9 Å². The quantitative estimate of drug-likeness (QED) is 0.388. The minimum Gasteiger partial charge on any atom is -0.497 e. The third kappa shape index (κ3) is 4.28. The smallest absolute Gasteiger partial charge is 0.257 e. The number of benzene rings is 2. The van der Waals surface area contributed by atoms with Crippen molar-refractivity contribution in [3.05, 3.63) is 92.9 Å². The Balaban J connectivity index is 1.60. The first-order chi connectivity index (χ1) is 16.3. The van der Waals surface area contributed by atoms with E-state index in [4.69, 9.17) is 9.72 Å². The van der Waals surface area contributed by atoms with E-state index in [-0.39, 0.29) is 16.8 Å². The van der Waals surface area contributed by atoms with Gasteiger partial charge in [0.2, 0.25) is 0 Å². The highest BCUT2D eigenvalue weighted by atomic mass is 32.2. The molecule has 0 spiro atoms. The van der Waals surface area contributed by atoms with Crippen LogP contribution in [0.1, 0.15) is 49.3 Å². The number of methoxy groups -OCH3 is 1. The van der Waals surface area contributed by atoms with Crippen LogP contribution in [0.2, 0.25) is 0 Å². The van der Waals surface area contributed by atoms with Gasteiger partial charge in [-0.1, -0.05) is 68.1 Å². The number of nitrogens with zero attached hydrogens (tertiary/aromatic N) is 1. The maximum atomic E-state index is 13.4. The van der Waals surface area contributed by atoms with Gasteiger partial charge in [-0.2, -0.15) is 0 Å². The third-order valence-electron chi connectivity index (χ3n) is 6.35. The average molecular weight is 474 g/mol. The van der Waals surface area contributed by atoms with E-state index in [1.165, 1.54) is 11.8 Å². The van der Waals surface area contributed by atoms with E-state index in [1.54, 1.807) is 7.11 Å². The van der Waals surface area contributed by atoms with Gasteiger partial charge in [-0.15, -0.1) is 0 Å². The first-order valence-electron chi connectivity index (χ1n) is 11.3. The standard InChI is InChI=1S/C27H27N3O3S/c1-27(2)13-19-22(20(31)14-27)21(17-10-7-11-18(12-17)33-3)23-24(28-19)29-26(30-25(23)32)34-15-16-8-5-4-6-9-16/h4-12,21H,13-15H2,1-3H3,(H2,28,29,30,32). The maximum absolute atomic E-state index is 13.4. The lowest BCUT2D eigenvalue weighted by Crippen LogP contribution is -2.37. The van der Waals surface area contributed by atoms with E-state index in [1.807, 2.05) is 54.6 Å². The van der Waals surface area contributed by atoms with E-state index < -0.39 is 5.92 Å². The Morgan fingerprint density at radius 1 is 1.09 bits per heavy atom. The number of H-pyrrole nitrogens is 1. The Labute approximate surface area is 202 Å². The number of carbonyl (C=O) groups excluding carboxylic acids is 1. The minimum absolute atomic E-state index is 0.0687. The van der Waals surface area contributed by atoms with Gasteiger partial charge in [-0.25, -0.2) is 4.98 Å². The van der Waals surface area contributed by atoms with Crippen LogP contribution in [0.4, 0.5) is 5.82 Å². The highest BCUT2D eigenvalue weighted by Gasteiger charge is 2.42. The maximum Gasteiger partial charge on any atom is 0.257 e. The van der Waals surface area contributed by atoms with Crippen molar-refractivity contribution in [3.8, 4) is 5.75 Å². The van der Waals surface area contributed by atoms with Gasteiger partial charge in [0, 0.05) is 29.4 Å². The Bertz CT molecular complexity index is 1340. The molecule has 2 aliphatic rings. The van der Waals surface area contributed by atoms with Gasteiger partial charge in [-0.05, 0) is 35.1 Å². The zero-order valence-corrected chi connectivity index (χ0v) is 20.3. The van der Waals surface area contributed by atoms with Crippen molar-refractivity contribution in [3.63, 3.8) is 0 Å². The number of aromatic amines is 1. The molecular weight excluding hydrogens is 446 g/mol. The highest BCUT2D eigenvalue weighted by molar-refractivity contribution is 7.98.